The molecule has 2 aromatic heterocycles. The molecule has 4 unspecified atom stereocenters. The van der Waals surface area contributed by atoms with Gasteiger partial charge in [0.15, 0.2) is 5.54 Å². The molecule has 0 amide bonds. The summed E-state index contributed by atoms with van der Waals surface area (Å²) in [6.07, 6.45) is 2.22. The number of piperidine rings is 1. The molecule has 3 aliphatic heterocycles. The lowest BCUT2D eigenvalue weighted by molar-refractivity contribution is -0.158. The van der Waals surface area contributed by atoms with Crippen LogP contribution in [0.4, 0.5) is 0 Å². The summed E-state index contributed by atoms with van der Waals surface area (Å²) in [7, 11) is 2.15. The second-order valence-electron chi connectivity index (χ2n) is 7.13. The number of ether oxygens (including phenoxy) is 2. The quantitative estimate of drug-likeness (QED) is 0.654. The van der Waals surface area contributed by atoms with E-state index in [1.54, 1.807) is 0 Å². The summed E-state index contributed by atoms with van der Waals surface area (Å²) in [6.45, 7) is 0. The summed E-state index contributed by atoms with van der Waals surface area (Å²) in [5.74, 6) is -0.346. The van der Waals surface area contributed by atoms with Crippen LogP contribution in [0, 0.1) is 0 Å². The summed E-state index contributed by atoms with van der Waals surface area (Å²) in [5, 5.41) is 3.89. The van der Waals surface area contributed by atoms with Gasteiger partial charge in [0, 0.05) is 34.7 Å². The van der Waals surface area contributed by atoms with Crippen LogP contribution in [0.1, 0.15) is 22.6 Å². The molecule has 2 bridgehead atoms. The van der Waals surface area contributed by atoms with Gasteiger partial charge < -0.3 is 15.2 Å². The lowest BCUT2D eigenvalue weighted by Gasteiger charge is -2.39. The van der Waals surface area contributed by atoms with Crippen LogP contribution in [0.25, 0.3) is 0 Å². The van der Waals surface area contributed by atoms with E-state index < -0.39 is 5.54 Å². The van der Waals surface area contributed by atoms with Gasteiger partial charge in [0.2, 0.25) is 0 Å². The van der Waals surface area contributed by atoms with Crippen molar-refractivity contribution in [2.75, 3.05) is 7.05 Å². The van der Waals surface area contributed by atoms with Crippen LogP contribution in [0.15, 0.2) is 35.0 Å². The van der Waals surface area contributed by atoms with Crippen molar-refractivity contribution in [1.29, 1.82) is 0 Å². The number of thiophene rings is 2. The van der Waals surface area contributed by atoms with Crippen molar-refractivity contribution < 1.29 is 14.3 Å². The lowest BCUT2D eigenvalue weighted by Crippen LogP contribution is -2.51. The molecule has 0 aromatic carbocycles. The zero-order valence-electron chi connectivity index (χ0n) is 13.8. The van der Waals surface area contributed by atoms with Crippen LogP contribution >= 0.6 is 22.7 Å². The molecule has 2 N–H and O–H groups in total. The van der Waals surface area contributed by atoms with Gasteiger partial charge >= 0.3 is 5.97 Å². The molecule has 3 aliphatic rings. The lowest BCUT2D eigenvalue weighted by atomic mass is 9.95. The van der Waals surface area contributed by atoms with Crippen LogP contribution in [0.5, 0.6) is 0 Å². The zero-order chi connectivity index (χ0) is 17.2. The number of esters is 1. The molecule has 4 atom stereocenters. The summed E-state index contributed by atoms with van der Waals surface area (Å²) in [4.78, 5) is 17.2. The Morgan fingerprint density at radius 2 is 1.76 bits per heavy atom. The van der Waals surface area contributed by atoms with E-state index in [4.69, 9.17) is 15.2 Å². The van der Waals surface area contributed by atoms with Crippen LogP contribution in [0.3, 0.4) is 0 Å². The van der Waals surface area contributed by atoms with Gasteiger partial charge in [0.05, 0.1) is 0 Å². The first-order valence-corrected chi connectivity index (χ1v) is 10.3. The number of carbonyl (C=O) groups excluding carboxylic acids is 1. The third-order valence-electron chi connectivity index (χ3n) is 5.79. The Hall–Kier alpha value is -1.25. The Morgan fingerprint density at radius 1 is 1.20 bits per heavy atom. The fourth-order valence-electron chi connectivity index (χ4n) is 4.37. The predicted molar refractivity (Wildman–Crippen MR) is 96.7 cm³/mol. The Morgan fingerprint density at radius 3 is 2.24 bits per heavy atom. The number of nitrogens with two attached hydrogens (primary N) is 1. The SMILES string of the molecule is CN1C2CC(OC(=O)C(N)(c3cccs3)c3cccs3)CC1C1OC12. The number of fused-ring (bicyclic) bond motifs is 5. The normalized spacial score (nSPS) is 33.9. The third-order valence-corrected chi connectivity index (χ3v) is 7.80. The van der Waals surface area contributed by atoms with Gasteiger partial charge in [-0.15, -0.1) is 22.7 Å². The number of morpholine rings is 1. The first-order valence-electron chi connectivity index (χ1n) is 8.54. The highest BCUT2D eigenvalue weighted by Crippen LogP contribution is 2.48. The Kier molecular flexibility index (Phi) is 3.59. The molecule has 2 aromatic rings. The zero-order valence-corrected chi connectivity index (χ0v) is 15.5. The van der Waals surface area contributed by atoms with Crippen molar-refractivity contribution >= 4 is 28.6 Å². The number of epoxide rings is 1. The van der Waals surface area contributed by atoms with Crippen LogP contribution in [0.2, 0.25) is 0 Å². The van der Waals surface area contributed by atoms with Crippen LogP contribution in [-0.2, 0) is 19.8 Å². The first kappa shape index (κ1) is 16.0. The van der Waals surface area contributed by atoms with Gasteiger partial charge in [-0.05, 0) is 29.9 Å². The molecule has 25 heavy (non-hydrogen) atoms. The van der Waals surface area contributed by atoms with Crippen molar-refractivity contribution in [3.63, 3.8) is 0 Å². The smallest absolute Gasteiger partial charge is 0.337 e. The van der Waals surface area contributed by atoms with E-state index in [2.05, 4.69) is 11.9 Å². The summed E-state index contributed by atoms with van der Waals surface area (Å²) < 4.78 is 11.7. The molecule has 5 rings (SSSR count). The maximum absolute atomic E-state index is 13.2. The number of hydrogen-bond acceptors (Lipinski definition) is 7. The number of nitrogens with zero attached hydrogens (tertiary/aromatic N) is 1. The average Bonchev–Trinajstić information content (AvgIpc) is 2.97. The molecule has 132 valence electrons. The van der Waals surface area contributed by atoms with Gasteiger partial charge in [-0.25, -0.2) is 4.79 Å². The van der Waals surface area contributed by atoms with E-state index in [1.165, 1.54) is 22.7 Å². The minimum atomic E-state index is -1.22. The van der Waals surface area contributed by atoms with Crippen LogP contribution in [-0.4, -0.2) is 48.3 Å². The summed E-state index contributed by atoms with van der Waals surface area (Å²) in [6, 6.07) is 8.38. The van der Waals surface area contributed by atoms with Crippen LogP contribution < -0.4 is 5.73 Å². The molecular weight excluding hydrogens is 356 g/mol. The Labute approximate surface area is 154 Å². The van der Waals surface area contributed by atoms with Crippen molar-refractivity contribution in [3.8, 4) is 0 Å². The van der Waals surface area contributed by atoms with E-state index in [0.29, 0.717) is 24.3 Å². The highest BCUT2D eigenvalue weighted by atomic mass is 32.1. The minimum Gasteiger partial charge on any atom is -0.460 e. The number of rotatable bonds is 4. The molecule has 5 nitrogen and oxygen atoms in total. The van der Waals surface area contributed by atoms with Gasteiger partial charge in [0.25, 0.3) is 0 Å². The monoisotopic (exact) mass is 376 g/mol. The van der Waals surface area contributed by atoms with E-state index in [-0.39, 0.29) is 12.1 Å². The highest BCUT2D eigenvalue weighted by molar-refractivity contribution is 7.12. The Balaban J connectivity index is 1.39. The average molecular weight is 377 g/mol. The Bertz CT molecular complexity index is 724. The van der Waals surface area contributed by atoms with Crippen molar-refractivity contribution in [2.45, 2.75) is 48.8 Å². The molecule has 3 fully saturated rings. The maximum Gasteiger partial charge on any atom is 0.337 e. The molecule has 7 heteroatoms. The van der Waals surface area contributed by atoms with Crippen molar-refractivity contribution in [1.82, 2.24) is 4.90 Å². The second kappa shape index (κ2) is 5.62. The van der Waals surface area contributed by atoms with E-state index in [1.807, 2.05) is 35.0 Å². The summed E-state index contributed by atoms with van der Waals surface area (Å²) >= 11 is 2.98. The molecule has 5 heterocycles. The van der Waals surface area contributed by atoms with Gasteiger partial charge in [-0.3, -0.25) is 4.90 Å². The fraction of sp³-hybridized carbons (Fsp3) is 0.500. The molecular formula is C18H20N2O3S2. The number of likely N-dealkylation sites (N-methyl/N-ethyl adjacent to an activating group) is 1. The predicted octanol–water partition coefficient (Wildman–Crippen LogP) is 2.17. The third kappa shape index (κ3) is 2.34. The van der Waals surface area contributed by atoms with Gasteiger partial charge in [-0.2, -0.15) is 0 Å². The fourth-order valence-corrected chi connectivity index (χ4v) is 6.11. The molecule has 0 saturated carbocycles. The second-order valence-corrected chi connectivity index (χ2v) is 9.02. The highest BCUT2D eigenvalue weighted by Gasteiger charge is 2.63. The van der Waals surface area contributed by atoms with E-state index in [9.17, 15) is 4.79 Å². The maximum atomic E-state index is 13.2. The van der Waals surface area contributed by atoms with Gasteiger partial charge in [0.1, 0.15) is 18.3 Å². The van der Waals surface area contributed by atoms with Crippen molar-refractivity contribution in [2.24, 2.45) is 5.73 Å². The van der Waals surface area contributed by atoms with E-state index >= 15 is 0 Å². The molecule has 0 aliphatic carbocycles. The van der Waals surface area contributed by atoms with E-state index in [0.717, 1.165) is 22.6 Å². The van der Waals surface area contributed by atoms with Gasteiger partial charge in [-0.1, -0.05) is 12.1 Å². The number of hydrogen-bond donors (Lipinski definition) is 1. The largest absolute Gasteiger partial charge is 0.460 e. The first-order chi connectivity index (χ1) is 12.1. The number of carbonyl (C=O) groups is 1. The summed E-state index contributed by atoms with van der Waals surface area (Å²) in [5.41, 5.74) is 5.43. The molecule has 3 saturated heterocycles. The molecule has 0 spiro atoms. The standard InChI is InChI=1S/C18H20N2O3S2/c1-20-11-8-10(9-12(20)16-15(11)23-16)22-17(21)18(19,13-4-2-6-24-13)14-5-3-7-25-14/h2-7,10-12,15-16H,8-9,19H2,1H3. The minimum absolute atomic E-state index is 0.0852. The van der Waals surface area contributed by atoms with Crippen molar-refractivity contribution in [3.05, 3.63) is 44.8 Å². The molecule has 0 radical (unpaired) electrons. The topological polar surface area (TPSA) is 68.1 Å².